The van der Waals surface area contributed by atoms with Crippen molar-refractivity contribution >= 4 is 63.1 Å². The van der Waals surface area contributed by atoms with Crippen LogP contribution in [-0.4, -0.2) is 44.4 Å². The second kappa shape index (κ2) is 35.4. The molecule has 5 fully saturated rings. The van der Waals surface area contributed by atoms with Crippen LogP contribution in [0.3, 0.4) is 0 Å². The van der Waals surface area contributed by atoms with Crippen LogP contribution in [0.1, 0.15) is 277 Å². The summed E-state index contributed by atoms with van der Waals surface area (Å²) in [6.07, 6.45) is 14.0. The van der Waals surface area contributed by atoms with Crippen LogP contribution in [0.2, 0.25) is 0 Å². The zero-order valence-electron chi connectivity index (χ0n) is 44.7. The minimum absolute atomic E-state index is 0. The van der Waals surface area contributed by atoms with Crippen molar-refractivity contribution in [3.05, 3.63) is 48.6 Å². The van der Waals surface area contributed by atoms with E-state index in [-0.39, 0.29) is 111 Å². The Morgan fingerprint density at radius 2 is 0.987 bits per heavy atom. The lowest BCUT2D eigenvalue weighted by Gasteiger charge is -2.62. The molecular formula is C65H122I2O9. The number of halogens is 2. The van der Waals surface area contributed by atoms with Crippen LogP contribution >= 0.6 is 45.2 Å². The highest BCUT2D eigenvalue weighted by atomic mass is 127. The van der Waals surface area contributed by atoms with Gasteiger partial charge in [0.05, 0.1) is 23.4 Å². The SMILES string of the molecule is C.C.C.C.C.C.C.C.CCC(C)(C)C(=O)OC(C)c1cc(I)c(O)c(I)c1O.CCC(C)(C)C(=O)OC1(C(C)C)C2CC3CC(C2)CC1C3.CCC(C)(C)C(=O)OC1(C(C)C)CCCC1.CCC(C)c1ccc(O)cc1. The van der Waals surface area contributed by atoms with Crippen LogP contribution in [0.25, 0.3) is 0 Å². The molecule has 2 aromatic rings. The highest BCUT2D eigenvalue weighted by Crippen LogP contribution is 2.62. The van der Waals surface area contributed by atoms with E-state index in [9.17, 15) is 24.6 Å². The van der Waals surface area contributed by atoms with Crippen molar-refractivity contribution in [3.63, 3.8) is 0 Å². The Balaban J connectivity index is -0.000000212. The maximum atomic E-state index is 12.8. The van der Waals surface area contributed by atoms with Gasteiger partial charge < -0.3 is 29.5 Å². The Kier molecular flexibility index (Phi) is 39.6. The van der Waals surface area contributed by atoms with Crippen LogP contribution < -0.4 is 0 Å². The molecule has 11 heteroatoms. The van der Waals surface area contributed by atoms with Gasteiger partial charge in [0.25, 0.3) is 0 Å². The van der Waals surface area contributed by atoms with Crippen molar-refractivity contribution < 1.29 is 43.9 Å². The zero-order valence-corrected chi connectivity index (χ0v) is 49.1. The average molecular weight is 1300 g/mol. The summed E-state index contributed by atoms with van der Waals surface area (Å²) in [7, 11) is 0. The van der Waals surface area contributed by atoms with Crippen LogP contribution in [0.5, 0.6) is 17.2 Å². The van der Waals surface area contributed by atoms with Crippen LogP contribution in [0.15, 0.2) is 30.3 Å². The third-order valence-electron chi connectivity index (χ3n) is 16.7. The summed E-state index contributed by atoms with van der Waals surface area (Å²) in [5.74, 6) is 4.56. The summed E-state index contributed by atoms with van der Waals surface area (Å²) < 4.78 is 18.7. The van der Waals surface area contributed by atoms with Gasteiger partial charge in [0.2, 0.25) is 0 Å². The molecule has 7 rings (SSSR count). The maximum absolute atomic E-state index is 12.8. The summed E-state index contributed by atoms with van der Waals surface area (Å²) in [5.41, 5.74) is 0.199. The highest BCUT2D eigenvalue weighted by molar-refractivity contribution is 14.1. The molecule has 2 atom stereocenters. The van der Waals surface area contributed by atoms with Gasteiger partial charge in [-0.2, -0.15) is 0 Å². The number of carbonyl (C=O) groups is 3. The monoisotopic (exact) mass is 1300 g/mol. The largest absolute Gasteiger partial charge is 0.508 e. The molecule has 0 aliphatic heterocycles. The van der Waals surface area contributed by atoms with Crippen LogP contribution in [-0.2, 0) is 28.6 Å². The molecule has 0 saturated heterocycles. The van der Waals surface area contributed by atoms with Gasteiger partial charge in [-0.15, -0.1) is 0 Å². The molecule has 5 aliphatic rings. The van der Waals surface area contributed by atoms with Crippen molar-refractivity contribution in [1.29, 1.82) is 0 Å². The molecule has 0 heterocycles. The molecule has 0 spiro atoms. The van der Waals surface area contributed by atoms with E-state index in [1.54, 1.807) is 25.1 Å². The third kappa shape index (κ3) is 20.7. The predicted octanol–water partition coefficient (Wildman–Crippen LogP) is 21.1. The molecule has 0 aromatic heterocycles. The Labute approximate surface area is 498 Å². The highest BCUT2D eigenvalue weighted by Gasteiger charge is 2.61. The third-order valence-corrected chi connectivity index (χ3v) is 18.5. The molecule has 9 nitrogen and oxygen atoms in total. The van der Waals surface area contributed by atoms with Gasteiger partial charge in [0, 0.05) is 5.56 Å². The normalized spacial score (nSPS) is 21.1. The van der Waals surface area contributed by atoms with Gasteiger partial charge in [-0.3, -0.25) is 14.4 Å². The Morgan fingerprint density at radius 3 is 1.36 bits per heavy atom. The average Bonchev–Trinajstić information content (AvgIpc) is 3.78. The summed E-state index contributed by atoms with van der Waals surface area (Å²) in [6.45, 7) is 32.6. The standard InChI is InChI=1S/C19H32O2.C14H18I2O4.C14H26O2.C10H14O.8CH4/c1-6-18(4,5)17(20)21-19(12(2)3)15-8-13-7-14(10-15)11-16(19)9-13;1-5-14(3,4)13(19)20-7(2)8-6-9(15)12(18)10(16)11(8)17;1-6-13(4,5)12(15)16-14(11(2)3)9-7-8-10-14;1-3-8(2)9-4-6-10(11)7-5-9;;;;;;;;/h12-16H,6-11H2,1-5H3;6-7,17-18H,5H2,1-4H3;11H,6-10H2,1-5H3;4-8,11H,3H2,1-2H3;8*1H4. The Hall–Kier alpha value is -2.29. The summed E-state index contributed by atoms with van der Waals surface area (Å²) >= 11 is 3.84. The van der Waals surface area contributed by atoms with Gasteiger partial charge in [0.1, 0.15) is 34.6 Å². The summed E-state index contributed by atoms with van der Waals surface area (Å²) in [5, 5.41) is 28.9. The molecule has 0 amide bonds. The van der Waals surface area contributed by atoms with E-state index in [1.807, 2.05) is 113 Å². The molecule has 5 saturated carbocycles. The first kappa shape index (κ1) is 85.0. The lowest BCUT2D eigenvalue weighted by Crippen LogP contribution is -2.63. The van der Waals surface area contributed by atoms with E-state index in [4.69, 9.17) is 19.3 Å². The number of aromatic hydroxyl groups is 3. The number of rotatable bonds is 14. The van der Waals surface area contributed by atoms with Crippen molar-refractivity contribution in [1.82, 2.24) is 0 Å². The zero-order chi connectivity index (χ0) is 51.7. The molecule has 76 heavy (non-hydrogen) atoms. The predicted molar refractivity (Wildman–Crippen MR) is 345 cm³/mol. The van der Waals surface area contributed by atoms with E-state index < -0.39 is 11.5 Å². The van der Waals surface area contributed by atoms with Gasteiger partial charge in [-0.25, -0.2) is 0 Å². The lowest BCUT2D eigenvalue weighted by molar-refractivity contribution is -0.231. The van der Waals surface area contributed by atoms with E-state index in [0.29, 0.717) is 54.5 Å². The van der Waals surface area contributed by atoms with Crippen LogP contribution in [0, 0.1) is 58.9 Å². The Bertz CT molecular complexity index is 1930. The number of phenolic OH excluding ortho intramolecular Hbond substituents is 3. The maximum Gasteiger partial charge on any atom is 0.312 e. The number of esters is 3. The molecule has 450 valence electrons. The first-order valence-corrected chi connectivity index (χ1v) is 28.0. The number of hydrogen-bond donors (Lipinski definition) is 3. The molecule has 3 N–H and O–H groups in total. The fourth-order valence-corrected chi connectivity index (χ4v) is 12.0. The quantitative estimate of drug-likeness (QED) is 0.0958. The van der Waals surface area contributed by atoms with Gasteiger partial charge in [0.15, 0.2) is 0 Å². The van der Waals surface area contributed by atoms with Crippen molar-refractivity contribution in [3.8, 4) is 17.2 Å². The molecule has 2 aromatic carbocycles. The summed E-state index contributed by atoms with van der Waals surface area (Å²) in [6, 6.07) is 9.06. The Morgan fingerprint density at radius 1 is 0.592 bits per heavy atom. The molecule has 0 radical (unpaired) electrons. The molecule has 4 bridgehead atoms. The first-order chi connectivity index (χ1) is 31.5. The minimum Gasteiger partial charge on any atom is -0.508 e. The number of benzene rings is 2. The first-order valence-electron chi connectivity index (χ1n) is 25.8. The van der Waals surface area contributed by atoms with Gasteiger partial charge in [-0.1, -0.05) is 134 Å². The number of carbonyl (C=O) groups excluding carboxylic acids is 3. The molecular weight excluding hydrogens is 1180 g/mol. The number of hydrogen-bond acceptors (Lipinski definition) is 9. The summed E-state index contributed by atoms with van der Waals surface area (Å²) in [4.78, 5) is 37.0. The molecule has 2 unspecified atom stereocenters. The smallest absolute Gasteiger partial charge is 0.312 e. The van der Waals surface area contributed by atoms with E-state index in [2.05, 4.69) is 48.5 Å². The fraction of sp³-hybridized carbons (Fsp3) is 0.769. The second-order valence-electron chi connectivity index (χ2n) is 23.1. The van der Waals surface area contributed by atoms with Crippen molar-refractivity contribution in [2.24, 2.45) is 51.8 Å². The van der Waals surface area contributed by atoms with E-state index in [0.717, 1.165) is 43.9 Å². The second-order valence-corrected chi connectivity index (χ2v) is 25.4. The lowest BCUT2D eigenvalue weighted by atomic mass is 9.47. The number of phenols is 3. The molecule has 5 aliphatic carbocycles. The number of ether oxygens (including phenoxy) is 3. The van der Waals surface area contributed by atoms with E-state index >= 15 is 0 Å². The fourth-order valence-electron chi connectivity index (χ4n) is 10.3. The van der Waals surface area contributed by atoms with Gasteiger partial charge in [-0.05, 0) is 242 Å². The van der Waals surface area contributed by atoms with Crippen LogP contribution in [0.4, 0.5) is 0 Å². The topological polar surface area (TPSA) is 140 Å². The van der Waals surface area contributed by atoms with Gasteiger partial charge >= 0.3 is 17.9 Å². The van der Waals surface area contributed by atoms with Crippen molar-refractivity contribution in [2.75, 3.05) is 0 Å². The minimum atomic E-state index is -0.573. The van der Waals surface area contributed by atoms with E-state index in [1.165, 1.54) is 50.5 Å². The van der Waals surface area contributed by atoms with Crippen molar-refractivity contribution in [2.45, 2.75) is 277 Å².